The van der Waals surface area contributed by atoms with Gasteiger partial charge in [-0.1, -0.05) is 60.1 Å². The lowest BCUT2D eigenvalue weighted by Crippen LogP contribution is -1.97. The molecular formula is C13H18BrClO. The molecule has 0 atom stereocenters. The SMILES string of the molecule is CCCCCCCOc1cc(Br)ccc1Cl. The summed E-state index contributed by atoms with van der Waals surface area (Å²) in [5.41, 5.74) is 0. The van der Waals surface area contributed by atoms with Crippen LogP contribution in [0.15, 0.2) is 22.7 Å². The van der Waals surface area contributed by atoms with Crippen LogP contribution in [0.3, 0.4) is 0 Å². The van der Waals surface area contributed by atoms with Crippen LogP contribution in [0.5, 0.6) is 5.75 Å². The molecule has 1 aromatic carbocycles. The fourth-order valence-corrected chi connectivity index (χ4v) is 1.99. The molecule has 0 aliphatic rings. The van der Waals surface area contributed by atoms with Crippen molar-refractivity contribution in [2.24, 2.45) is 0 Å². The van der Waals surface area contributed by atoms with Crippen LogP contribution in [-0.2, 0) is 0 Å². The smallest absolute Gasteiger partial charge is 0.139 e. The summed E-state index contributed by atoms with van der Waals surface area (Å²) in [7, 11) is 0. The van der Waals surface area contributed by atoms with Crippen molar-refractivity contribution in [1.29, 1.82) is 0 Å². The molecule has 0 N–H and O–H groups in total. The number of ether oxygens (including phenoxy) is 1. The van der Waals surface area contributed by atoms with E-state index in [-0.39, 0.29) is 0 Å². The predicted molar refractivity (Wildman–Crippen MR) is 73.4 cm³/mol. The predicted octanol–water partition coefficient (Wildman–Crippen LogP) is 5.45. The first-order valence-corrected chi connectivity index (χ1v) is 6.99. The number of halogens is 2. The zero-order valence-corrected chi connectivity index (χ0v) is 12.0. The summed E-state index contributed by atoms with van der Waals surface area (Å²) in [6.07, 6.45) is 6.23. The molecule has 0 spiro atoms. The summed E-state index contributed by atoms with van der Waals surface area (Å²) in [5.74, 6) is 0.770. The first-order valence-electron chi connectivity index (χ1n) is 5.82. The minimum absolute atomic E-state index is 0.678. The van der Waals surface area contributed by atoms with Crippen molar-refractivity contribution >= 4 is 27.5 Å². The second-order valence-electron chi connectivity index (χ2n) is 3.84. The van der Waals surface area contributed by atoms with Gasteiger partial charge in [0, 0.05) is 4.47 Å². The highest BCUT2D eigenvalue weighted by Crippen LogP contribution is 2.28. The zero-order valence-electron chi connectivity index (χ0n) is 9.64. The van der Waals surface area contributed by atoms with Crippen LogP contribution >= 0.6 is 27.5 Å². The maximum Gasteiger partial charge on any atom is 0.139 e. The molecule has 0 heterocycles. The third kappa shape index (κ3) is 5.22. The van der Waals surface area contributed by atoms with E-state index in [1.54, 1.807) is 0 Å². The van der Waals surface area contributed by atoms with Gasteiger partial charge in [-0.3, -0.25) is 0 Å². The van der Waals surface area contributed by atoms with E-state index in [9.17, 15) is 0 Å². The number of hydrogen-bond acceptors (Lipinski definition) is 1. The lowest BCUT2D eigenvalue weighted by Gasteiger charge is -2.08. The number of benzene rings is 1. The molecule has 0 amide bonds. The molecule has 90 valence electrons. The van der Waals surface area contributed by atoms with E-state index in [1.165, 1.54) is 25.7 Å². The lowest BCUT2D eigenvalue weighted by atomic mass is 10.2. The third-order valence-corrected chi connectivity index (χ3v) is 3.20. The Morgan fingerprint density at radius 1 is 1.19 bits per heavy atom. The van der Waals surface area contributed by atoms with Gasteiger partial charge in [0.1, 0.15) is 5.75 Å². The van der Waals surface area contributed by atoms with Crippen LogP contribution in [0.4, 0.5) is 0 Å². The van der Waals surface area contributed by atoms with E-state index < -0.39 is 0 Å². The molecular weight excluding hydrogens is 287 g/mol. The van der Waals surface area contributed by atoms with Gasteiger partial charge < -0.3 is 4.74 Å². The van der Waals surface area contributed by atoms with Crippen LogP contribution in [0.1, 0.15) is 39.0 Å². The summed E-state index contributed by atoms with van der Waals surface area (Å²) in [4.78, 5) is 0. The van der Waals surface area contributed by atoms with Gasteiger partial charge in [0.2, 0.25) is 0 Å². The highest BCUT2D eigenvalue weighted by molar-refractivity contribution is 9.10. The average molecular weight is 306 g/mol. The highest BCUT2D eigenvalue weighted by Gasteiger charge is 2.01. The minimum atomic E-state index is 0.678. The molecule has 1 rings (SSSR count). The molecule has 0 saturated heterocycles. The Morgan fingerprint density at radius 3 is 2.69 bits per heavy atom. The molecule has 0 bridgehead atoms. The molecule has 0 aliphatic heterocycles. The average Bonchev–Trinajstić information content (AvgIpc) is 2.28. The second kappa shape index (κ2) is 7.97. The molecule has 1 nitrogen and oxygen atoms in total. The Bertz CT molecular complexity index is 315. The Balaban J connectivity index is 2.23. The molecule has 0 unspecified atom stereocenters. The molecule has 0 aromatic heterocycles. The lowest BCUT2D eigenvalue weighted by molar-refractivity contribution is 0.304. The first kappa shape index (κ1) is 13.9. The van der Waals surface area contributed by atoms with E-state index in [2.05, 4.69) is 22.9 Å². The number of unbranched alkanes of at least 4 members (excludes halogenated alkanes) is 4. The van der Waals surface area contributed by atoms with Crippen LogP contribution in [0.2, 0.25) is 5.02 Å². The topological polar surface area (TPSA) is 9.23 Å². The standard InChI is InChI=1S/C13H18BrClO/c1-2-3-4-5-6-9-16-13-10-11(14)7-8-12(13)15/h7-8,10H,2-6,9H2,1H3. The normalized spacial score (nSPS) is 10.4. The fourth-order valence-electron chi connectivity index (χ4n) is 1.48. The highest BCUT2D eigenvalue weighted by atomic mass is 79.9. The van der Waals surface area contributed by atoms with E-state index in [4.69, 9.17) is 16.3 Å². The fraction of sp³-hybridized carbons (Fsp3) is 0.538. The summed E-state index contributed by atoms with van der Waals surface area (Å²) in [6.45, 7) is 2.97. The largest absolute Gasteiger partial charge is 0.492 e. The second-order valence-corrected chi connectivity index (χ2v) is 5.16. The quantitative estimate of drug-likeness (QED) is 0.608. The van der Waals surface area contributed by atoms with Crippen LogP contribution < -0.4 is 4.74 Å². The zero-order chi connectivity index (χ0) is 11.8. The first-order chi connectivity index (χ1) is 7.74. The van der Waals surface area contributed by atoms with Crippen molar-refractivity contribution < 1.29 is 4.74 Å². The van der Waals surface area contributed by atoms with E-state index in [0.717, 1.165) is 23.2 Å². The summed E-state index contributed by atoms with van der Waals surface area (Å²) in [5, 5.41) is 0.678. The van der Waals surface area contributed by atoms with Crippen LogP contribution in [0.25, 0.3) is 0 Å². The van der Waals surface area contributed by atoms with Gasteiger partial charge in [0.05, 0.1) is 11.6 Å². The third-order valence-electron chi connectivity index (χ3n) is 2.40. The molecule has 0 aliphatic carbocycles. The monoisotopic (exact) mass is 304 g/mol. The number of rotatable bonds is 7. The van der Waals surface area contributed by atoms with Crippen molar-refractivity contribution in [2.45, 2.75) is 39.0 Å². The van der Waals surface area contributed by atoms with Gasteiger partial charge in [-0.05, 0) is 24.6 Å². The molecule has 0 radical (unpaired) electrons. The van der Waals surface area contributed by atoms with Crippen molar-refractivity contribution in [3.63, 3.8) is 0 Å². The summed E-state index contributed by atoms with van der Waals surface area (Å²) in [6, 6.07) is 5.67. The Hall–Kier alpha value is -0.210. The van der Waals surface area contributed by atoms with Crippen LogP contribution in [0, 0.1) is 0 Å². The molecule has 1 aromatic rings. The van der Waals surface area contributed by atoms with Gasteiger partial charge >= 0.3 is 0 Å². The molecule has 0 fully saturated rings. The summed E-state index contributed by atoms with van der Waals surface area (Å²) < 4.78 is 6.63. The maximum absolute atomic E-state index is 6.01. The van der Waals surface area contributed by atoms with E-state index in [1.807, 2.05) is 18.2 Å². The Kier molecular flexibility index (Phi) is 6.90. The van der Waals surface area contributed by atoms with Crippen molar-refractivity contribution in [3.05, 3.63) is 27.7 Å². The Labute approximate surface area is 111 Å². The van der Waals surface area contributed by atoms with Gasteiger partial charge in [0.25, 0.3) is 0 Å². The van der Waals surface area contributed by atoms with Crippen molar-refractivity contribution in [2.75, 3.05) is 6.61 Å². The molecule has 16 heavy (non-hydrogen) atoms. The van der Waals surface area contributed by atoms with E-state index in [0.29, 0.717) is 5.02 Å². The minimum Gasteiger partial charge on any atom is -0.492 e. The van der Waals surface area contributed by atoms with Gasteiger partial charge in [-0.15, -0.1) is 0 Å². The summed E-state index contributed by atoms with van der Waals surface area (Å²) >= 11 is 9.41. The van der Waals surface area contributed by atoms with Gasteiger partial charge in [0.15, 0.2) is 0 Å². The molecule has 0 saturated carbocycles. The number of hydrogen-bond donors (Lipinski definition) is 0. The maximum atomic E-state index is 6.01. The van der Waals surface area contributed by atoms with Crippen LogP contribution in [-0.4, -0.2) is 6.61 Å². The molecule has 3 heteroatoms. The van der Waals surface area contributed by atoms with Crippen molar-refractivity contribution in [3.8, 4) is 5.75 Å². The Morgan fingerprint density at radius 2 is 1.94 bits per heavy atom. The van der Waals surface area contributed by atoms with E-state index >= 15 is 0 Å². The van der Waals surface area contributed by atoms with Crippen molar-refractivity contribution in [1.82, 2.24) is 0 Å². The van der Waals surface area contributed by atoms with Gasteiger partial charge in [-0.2, -0.15) is 0 Å². The van der Waals surface area contributed by atoms with Gasteiger partial charge in [-0.25, -0.2) is 0 Å².